The van der Waals surface area contributed by atoms with Gasteiger partial charge in [-0.2, -0.15) is 0 Å². The van der Waals surface area contributed by atoms with Gasteiger partial charge in [0.2, 0.25) is 15.8 Å². The Bertz CT molecular complexity index is 1030. The Morgan fingerprint density at radius 2 is 1.77 bits per heavy atom. The van der Waals surface area contributed by atoms with Gasteiger partial charge in [-0.15, -0.1) is 0 Å². The summed E-state index contributed by atoms with van der Waals surface area (Å²) in [6.07, 6.45) is -2.90. The third-order valence-corrected chi connectivity index (χ3v) is 4.68. The molecule has 136 valence electrons. The van der Waals surface area contributed by atoms with Crippen molar-refractivity contribution in [1.29, 1.82) is 0 Å². The first-order valence-corrected chi connectivity index (χ1v) is 8.92. The van der Waals surface area contributed by atoms with E-state index in [-0.39, 0.29) is 16.2 Å². The maximum Gasteiger partial charge on any atom is 0.298 e. The number of primary sulfonamides is 1. The van der Waals surface area contributed by atoms with Crippen molar-refractivity contribution in [2.75, 3.05) is 7.11 Å². The van der Waals surface area contributed by atoms with E-state index in [2.05, 4.69) is 5.16 Å². The number of rotatable bonds is 5. The third kappa shape index (κ3) is 3.31. The van der Waals surface area contributed by atoms with Crippen molar-refractivity contribution in [2.45, 2.75) is 11.3 Å². The summed E-state index contributed by atoms with van der Waals surface area (Å²) in [5.74, 6) is -0.182. The number of para-hydroxylation sites is 1. The van der Waals surface area contributed by atoms with Gasteiger partial charge in [0.05, 0.1) is 17.6 Å². The van der Waals surface area contributed by atoms with Crippen LogP contribution in [0.1, 0.15) is 12.2 Å². The molecule has 0 aliphatic carbocycles. The molecule has 1 aromatic heterocycles. The van der Waals surface area contributed by atoms with Gasteiger partial charge < -0.3 is 9.26 Å². The van der Waals surface area contributed by atoms with Crippen molar-refractivity contribution in [1.82, 2.24) is 5.16 Å². The predicted octanol–water partition coefficient (Wildman–Crippen LogP) is 3.60. The molecule has 0 unspecified atom stereocenters. The van der Waals surface area contributed by atoms with E-state index in [4.69, 9.17) is 14.4 Å². The lowest BCUT2D eigenvalue weighted by molar-refractivity contribution is 0.113. The van der Waals surface area contributed by atoms with Gasteiger partial charge in [-0.05, 0) is 29.8 Å². The number of benzene rings is 2. The highest BCUT2D eigenvalue weighted by Gasteiger charge is 2.27. The fourth-order valence-corrected chi connectivity index (χ4v) is 3.08. The quantitative estimate of drug-likeness (QED) is 0.730. The average molecular weight is 380 g/mol. The van der Waals surface area contributed by atoms with Crippen LogP contribution in [0.4, 0.5) is 8.78 Å². The molecular weight excluding hydrogens is 366 g/mol. The highest BCUT2D eigenvalue weighted by molar-refractivity contribution is 7.89. The fourth-order valence-electron chi connectivity index (χ4n) is 2.57. The molecule has 0 amide bonds. The van der Waals surface area contributed by atoms with Crippen molar-refractivity contribution in [3.8, 4) is 28.1 Å². The van der Waals surface area contributed by atoms with Gasteiger partial charge >= 0.3 is 0 Å². The van der Waals surface area contributed by atoms with Crippen LogP contribution in [-0.2, 0) is 10.0 Å². The van der Waals surface area contributed by atoms with Crippen LogP contribution in [0.15, 0.2) is 57.9 Å². The number of hydrogen-bond acceptors (Lipinski definition) is 5. The smallest absolute Gasteiger partial charge is 0.298 e. The molecule has 2 N–H and O–H groups in total. The summed E-state index contributed by atoms with van der Waals surface area (Å²) in [6.45, 7) is 0. The Morgan fingerprint density at radius 3 is 2.35 bits per heavy atom. The van der Waals surface area contributed by atoms with E-state index in [9.17, 15) is 17.2 Å². The monoisotopic (exact) mass is 380 g/mol. The molecule has 0 saturated carbocycles. The molecule has 1 heterocycles. The van der Waals surface area contributed by atoms with Crippen molar-refractivity contribution < 1.29 is 26.5 Å². The summed E-state index contributed by atoms with van der Waals surface area (Å²) in [5.41, 5.74) is 1.01. The minimum atomic E-state index is -3.90. The molecule has 0 saturated heterocycles. The maximum atomic E-state index is 13.4. The first-order chi connectivity index (χ1) is 12.3. The van der Waals surface area contributed by atoms with E-state index < -0.39 is 22.2 Å². The minimum absolute atomic E-state index is 0.0606. The summed E-state index contributed by atoms with van der Waals surface area (Å²) >= 11 is 0. The van der Waals surface area contributed by atoms with Crippen molar-refractivity contribution >= 4 is 10.0 Å². The molecule has 26 heavy (non-hydrogen) atoms. The van der Waals surface area contributed by atoms with Crippen LogP contribution < -0.4 is 9.88 Å². The van der Waals surface area contributed by atoms with Gasteiger partial charge in [-0.3, -0.25) is 0 Å². The fraction of sp³-hybridized carbons (Fsp3) is 0.118. The lowest BCUT2D eigenvalue weighted by Gasteiger charge is -2.09. The van der Waals surface area contributed by atoms with E-state index in [0.29, 0.717) is 16.9 Å². The van der Waals surface area contributed by atoms with Gasteiger partial charge in [0.1, 0.15) is 11.4 Å². The Kier molecular flexibility index (Phi) is 4.75. The molecule has 6 nitrogen and oxygen atoms in total. The van der Waals surface area contributed by atoms with Crippen LogP contribution in [0.25, 0.3) is 22.4 Å². The largest absolute Gasteiger partial charge is 0.496 e. The van der Waals surface area contributed by atoms with E-state index >= 15 is 0 Å². The maximum absolute atomic E-state index is 13.4. The minimum Gasteiger partial charge on any atom is -0.496 e. The summed E-state index contributed by atoms with van der Waals surface area (Å²) in [4.78, 5) is -0.129. The normalized spacial score (nSPS) is 11.7. The van der Waals surface area contributed by atoms with Gasteiger partial charge in [0.25, 0.3) is 6.43 Å². The van der Waals surface area contributed by atoms with Crippen molar-refractivity contribution in [3.05, 3.63) is 54.3 Å². The van der Waals surface area contributed by atoms with Crippen LogP contribution in [0.3, 0.4) is 0 Å². The number of nitrogens with zero attached hydrogens (tertiary/aromatic N) is 1. The summed E-state index contributed by atoms with van der Waals surface area (Å²) in [7, 11) is -2.44. The number of aromatic nitrogens is 1. The molecule has 3 rings (SSSR count). The number of nitrogens with two attached hydrogens (primary N) is 1. The number of methoxy groups -OCH3 is 1. The van der Waals surface area contributed by atoms with E-state index in [1.165, 1.54) is 31.4 Å². The molecular formula is C17H14F2N2O4S. The predicted molar refractivity (Wildman–Crippen MR) is 90.3 cm³/mol. The molecule has 0 radical (unpaired) electrons. The first kappa shape index (κ1) is 18.0. The zero-order valence-corrected chi connectivity index (χ0v) is 14.3. The molecule has 0 spiro atoms. The number of alkyl halides is 2. The average Bonchev–Trinajstić information content (AvgIpc) is 3.06. The van der Waals surface area contributed by atoms with Crippen LogP contribution in [-0.4, -0.2) is 20.7 Å². The zero-order valence-electron chi connectivity index (χ0n) is 13.5. The number of halogens is 2. The van der Waals surface area contributed by atoms with Crippen molar-refractivity contribution in [3.63, 3.8) is 0 Å². The molecule has 0 bridgehead atoms. The Morgan fingerprint density at radius 1 is 1.12 bits per heavy atom. The first-order valence-electron chi connectivity index (χ1n) is 7.37. The van der Waals surface area contributed by atoms with Crippen LogP contribution in [0.5, 0.6) is 5.75 Å². The van der Waals surface area contributed by atoms with Gasteiger partial charge in [0.15, 0.2) is 0 Å². The second kappa shape index (κ2) is 6.85. The number of ether oxygens (including phenoxy) is 1. The summed E-state index contributed by atoms with van der Waals surface area (Å²) < 4.78 is 59.7. The molecule has 3 aromatic rings. The van der Waals surface area contributed by atoms with Crippen molar-refractivity contribution in [2.24, 2.45) is 5.14 Å². The molecule has 0 aliphatic heterocycles. The van der Waals surface area contributed by atoms with Crippen LogP contribution in [0, 0.1) is 0 Å². The van der Waals surface area contributed by atoms with Gasteiger partial charge in [0, 0.05) is 5.56 Å². The topological polar surface area (TPSA) is 95.4 Å². The van der Waals surface area contributed by atoms with Gasteiger partial charge in [-0.25, -0.2) is 22.3 Å². The highest BCUT2D eigenvalue weighted by atomic mass is 32.2. The summed E-state index contributed by atoms with van der Waals surface area (Å²) in [6, 6.07) is 12.0. The highest BCUT2D eigenvalue weighted by Crippen LogP contribution is 2.41. The van der Waals surface area contributed by atoms with Gasteiger partial charge in [-0.1, -0.05) is 29.4 Å². The Hall–Kier alpha value is -2.78. The summed E-state index contributed by atoms with van der Waals surface area (Å²) in [5, 5.41) is 8.85. The standard InChI is InChI=1S/C17H14F2N2O4S/c1-24-13-5-3-2-4-12(13)15-14(16(17(18)19)25-21-15)10-6-8-11(9-7-10)26(20,22)23/h2-9,17H,1H3,(H2,20,22,23). The molecule has 0 aliphatic rings. The lowest BCUT2D eigenvalue weighted by atomic mass is 9.98. The molecule has 9 heteroatoms. The van der Waals surface area contributed by atoms with E-state index in [1.54, 1.807) is 24.3 Å². The SMILES string of the molecule is COc1ccccc1-c1noc(C(F)F)c1-c1ccc(S(N)(=O)=O)cc1. The van der Waals surface area contributed by atoms with E-state index in [0.717, 1.165) is 0 Å². The molecule has 2 aromatic carbocycles. The van der Waals surface area contributed by atoms with E-state index in [1.807, 2.05) is 0 Å². The zero-order chi connectivity index (χ0) is 18.9. The van der Waals surface area contributed by atoms with Crippen LogP contribution in [0.2, 0.25) is 0 Å². The Labute approximate surface area is 148 Å². The second-order valence-corrected chi connectivity index (χ2v) is 6.90. The second-order valence-electron chi connectivity index (χ2n) is 5.34. The number of sulfonamides is 1. The lowest BCUT2D eigenvalue weighted by Crippen LogP contribution is -2.11. The molecule has 0 atom stereocenters. The Balaban J connectivity index is 2.21. The number of hydrogen-bond donors (Lipinski definition) is 1. The third-order valence-electron chi connectivity index (χ3n) is 3.75. The van der Waals surface area contributed by atoms with Crippen LogP contribution >= 0.6 is 0 Å². The molecule has 0 fully saturated rings.